The van der Waals surface area contributed by atoms with Gasteiger partial charge in [0.15, 0.2) is 0 Å². The number of hydrogen-bond donors (Lipinski definition) is 1. The Morgan fingerprint density at radius 3 is 2.17 bits per heavy atom. The van der Waals surface area contributed by atoms with E-state index in [4.69, 9.17) is 4.74 Å². The van der Waals surface area contributed by atoms with Gasteiger partial charge in [-0.25, -0.2) is 12.8 Å². The molecule has 0 heterocycles. The third-order valence-electron chi connectivity index (χ3n) is 7.72. The summed E-state index contributed by atoms with van der Waals surface area (Å²) < 4.78 is 50.0. The van der Waals surface area contributed by atoms with Gasteiger partial charge in [-0.1, -0.05) is 79.6 Å². The van der Waals surface area contributed by atoms with Crippen molar-refractivity contribution >= 4 is 27.5 Å². The second-order valence-corrected chi connectivity index (χ2v) is 13.1. The summed E-state index contributed by atoms with van der Waals surface area (Å²) in [5.41, 5.74) is 2.11. The monoisotopic (exact) mass is 659 g/mol. The average Bonchev–Trinajstić information content (AvgIpc) is 3.07. The molecule has 0 saturated carbocycles. The first-order valence-electron chi connectivity index (χ1n) is 15.8. The van der Waals surface area contributed by atoms with Crippen molar-refractivity contribution in [3.8, 4) is 5.75 Å². The number of nitrogens with one attached hydrogen (secondary N) is 1. The lowest BCUT2D eigenvalue weighted by atomic mass is 10.0. The molecule has 4 aromatic rings. The van der Waals surface area contributed by atoms with Crippen molar-refractivity contribution in [2.24, 2.45) is 0 Å². The fraction of sp³-hybridized carbons (Fsp3) is 0.297. The van der Waals surface area contributed by atoms with Crippen LogP contribution < -0.4 is 14.4 Å². The fourth-order valence-electron chi connectivity index (χ4n) is 5.11. The molecule has 2 amide bonds. The summed E-state index contributed by atoms with van der Waals surface area (Å²) in [6.45, 7) is 5.65. The maximum Gasteiger partial charge on any atom is 0.264 e. The van der Waals surface area contributed by atoms with Crippen molar-refractivity contribution in [2.45, 2.75) is 57.5 Å². The van der Waals surface area contributed by atoms with Crippen molar-refractivity contribution in [3.63, 3.8) is 0 Å². The van der Waals surface area contributed by atoms with Crippen molar-refractivity contribution < 1.29 is 27.1 Å². The number of unbranched alkanes of at least 4 members (excludes halogenated alkanes) is 1. The highest BCUT2D eigenvalue weighted by atomic mass is 32.2. The van der Waals surface area contributed by atoms with Gasteiger partial charge in [-0.3, -0.25) is 13.9 Å². The lowest BCUT2D eigenvalue weighted by molar-refractivity contribution is -0.140. The van der Waals surface area contributed by atoms with Crippen LogP contribution in [0, 0.1) is 12.7 Å². The number of carbonyl (C=O) groups is 2. The Balaban J connectivity index is 1.80. The first-order valence-corrected chi connectivity index (χ1v) is 17.2. The number of ether oxygens (including phenoxy) is 1. The van der Waals surface area contributed by atoms with Crippen LogP contribution in [0.15, 0.2) is 108 Å². The first kappa shape index (κ1) is 35.2. The van der Waals surface area contributed by atoms with Crippen LogP contribution in [0.3, 0.4) is 0 Å². The molecule has 1 N–H and O–H groups in total. The summed E-state index contributed by atoms with van der Waals surface area (Å²) in [4.78, 5) is 29.6. The molecular formula is C37H42FN3O5S. The molecule has 8 nitrogen and oxygen atoms in total. The first-order chi connectivity index (χ1) is 22.6. The second-order valence-electron chi connectivity index (χ2n) is 11.2. The van der Waals surface area contributed by atoms with E-state index < -0.39 is 40.2 Å². The molecule has 0 bridgehead atoms. The molecule has 248 valence electrons. The number of halogens is 1. The summed E-state index contributed by atoms with van der Waals surface area (Å²) >= 11 is 0. The van der Waals surface area contributed by atoms with Crippen molar-refractivity contribution in [1.29, 1.82) is 0 Å². The number of rotatable bonds is 16. The molecule has 0 unspecified atom stereocenters. The Morgan fingerprint density at radius 1 is 0.872 bits per heavy atom. The smallest absolute Gasteiger partial charge is 0.264 e. The second kappa shape index (κ2) is 16.7. The zero-order valence-electron chi connectivity index (χ0n) is 27.1. The van der Waals surface area contributed by atoms with Gasteiger partial charge in [0.1, 0.15) is 24.2 Å². The molecule has 4 rings (SSSR count). The predicted octanol–water partition coefficient (Wildman–Crippen LogP) is 6.28. The number of aryl methyl sites for hydroxylation is 1. The van der Waals surface area contributed by atoms with E-state index in [2.05, 4.69) is 5.32 Å². The van der Waals surface area contributed by atoms with Crippen LogP contribution in [0.1, 0.15) is 43.4 Å². The van der Waals surface area contributed by atoms with Crippen molar-refractivity contribution in [1.82, 2.24) is 10.2 Å². The molecule has 47 heavy (non-hydrogen) atoms. The maximum atomic E-state index is 15.1. The third-order valence-corrected chi connectivity index (χ3v) is 9.51. The lowest BCUT2D eigenvalue weighted by Crippen LogP contribution is -2.53. The van der Waals surface area contributed by atoms with Crippen LogP contribution in [0.4, 0.5) is 10.1 Å². The fourth-order valence-corrected chi connectivity index (χ4v) is 6.53. The van der Waals surface area contributed by atoms with Gasteiger partial charge in [-0.15, -0.1) is 0 Å². The van der Waals surface area contributed by atoms with Crippen LogP contribution in [0.2, 0.25) is 0 Å². The van der Waals surface area contributed by atoms with Gasteiger partial charge >= 0.3 is 0 Å². The number of carbonyl (C=O) groups excluding carboxylic acids is 2. The van der Waals surface area contributed by atoms with Gasteiger partial charge in [0.2, 0.25) is 11.8 Å². The molecule has 0 spiro atoms. The van der Waals surface area contributed by atoms with Crippen LogP contribution in [0.25, 0.3) is 0 Å². The van der Waals surface area contributed by atoms with Crippen LogP contribution in [0.5, 0.6) is 5.75 Å². The molecule has 10 heteroatoms. The molecule has 4 aromatic carbocycles. The van der Waals surface area contributed by atoms with Gasteiger partial charge in [0.25, 0.3) is 10.0 Å². The lowest BCUT2D eigenvalue weighted by Gasteiger charge is -2.34. The molecule has 0 aliphatic carbocycles. The van der Waals surface area contributed by atoms with Crippen LogP contribution >= 0.6 is 0 Å². The highest BCUT2D eigenvalue weighted by Gasteiger charge is 2.35. The minimum absolute atomic E-state index is 0.00332. The predicted molar refractivity (Wildman–Crippen MR) is 182 cm³/mol. The molecule has 1 atom stereocenters. The highest BCUT2D eigenvalue weighted by molar-refractivity contribution is 7.92. The van der Waals surface area contributed by atoms with E-state index in [0.717, 1.165) is 28.3 Å². The van der Waals surface area contributed by atoms with Crippen molar-refractivity contribution in [2.75, 3.05) is 24.0 Å². The zero-order valence-corrected chi connectivity index (χ0v) is 27.9. The molecular weight excluding hydrogens is 617 g/mol. The van der Waals surface area contributed by atoms with Gasteiger partial charge in [-0.2, -0.15) is 0 Å². The topological polar surface area (TPSA) is 96.0 Å². The van der Waals surface area contributed by atoms with Crippen LogP contribution in [-0.4, -0.2) is 50.9 Å². The molecule has 0 saturated heterocycles. The van der Waals surface area contributed by atoms with E-state index in [1.807, 2.05) is 51.1 Å². The number of amides is 2. The molecule has 0 fully saturated rings. The van der Waals surface area contributed by atoms with Gasteiger partial charge in [0, 0.05) is 25.1 Å². The van der Waals surface area contributed by atoms with Gasteiger partial charge in [0.05, 0.1) is 17.2 Å². The van der Waals surface area contributed by atoms with E-state index >= 15 is 4.39 Å². The maximum absolute atomic E-state index is 15.1. The van der Waals surface area contributed by atoms with E-state index in [0.29, 0.717) is 18.9 Å². The SMILES string of the molecule is CCCCNC(=O)[C@H](Cc1ccccc1)N(Cc1ccccc1F)C(=O)CN(c1ccc(OCC)cc1)S(=O)(=O)c1ccc(C)cc1. The Labute approximate surface area is 277 Å². The Kier molecular flexibility index (Phi) is 12.5. The minimum atomic E-state index is -4.26. The van der Waals surface area contributed by atoms with E-state index in [1.165, 1.54) is 23.1 Å². The number of hydrogen-bond acceptors (Lipinski definition) is 5. The van der Waals surface area contributed by atoms with Crippen molar-refractivity contribution in [3.05, 3.63) is 126 Å². The Hall–Kier alpha value is -4.70. The van der Waals surface area contributed by atoms with Gasteiger partial charge < -0.3 is 15.0 Å². The standard InChI is InChI=1S/C37H42FN3O5S/c1-4-6-24-39-37(43)35(25-29-12-8-7-9-13-29)40(26-30-14-10-11-15-34(30)38)36(42)27-41(31-18-20-32(21-19-31)46-5-2)47(44,45)33-22-16-28(3)17-23-33/h7-23,35H,4-6,24-27H2,1-3H3,(H,39,43)/t35-/m0/s1. The Morgan fingerprint density at radius 2 is 1.53 bits per heavy atom. The van der Waals surface area contributed by atoms with E-state index in [1.54, 1.807) is 54.6 Å². The number of nitrogens with zero attached hydrogens (tertiary/aromatic N) is 2. The highest BCUT2D eigenvalue weighted by Crippen LogP contribution is 2.27. The van der Waals surface area contributed by atoms with E-state index in [-0.39, 0.29) is 29.1 Å². The Bertz CT molecular complexity index is 1720. The average molecular weight is 660 g/mol. The zero-order chi connectivity index (χ0) is 33.8. The third kappa shape index (κ3) is 9.42. The summed E-state index contributed by atoms with van der Waals surface area (Å²) in [6.07, 6.45) is 1.74. The van der Waals surface area contributed by atoms with Gasteiger partial charge in [-0.05, 0) is 68.3 Å². The number of anilines is 1. The number of benzene rings is 4. The molecule has 0 aliphatic rings. The minimum Gasteiger partial charge on any atom is -0.494 e. The van der Waals surface area contributed by atoms with Crippen LogP contribution in [-0.2, 0) is 32.6 Å². The summed E-state index contributed by atoms with van der Waals surface area (Å²) in [5.74, 6) is -1.06. The summed E-state index contributed by atoms with van der Waals surface area (Å²) in [5, 5.41) is 2.93. The quantitative estimate of drug-likeness (QED) is 0.143. The largest absolute Gasteiger partial charge is 0.494 e. The molecule has 0 aromatic heterocycles. The normalized spacial score (nSPS) is 11.8. The molecule has 0 aliphatic heterocycles. The molecule has 0 radical (unpaired) electrons. The summed E-state index contributed by atoms with van der Waals surface area (Å²) in [7, 11) is -4.26. The summed E-state index contributed by atoms with van der Waals surface area (Å²) in [6, 6.07) is 27.0. The van der Waals surface area contributed by atoms with E-state index in [9.17, 15) is 18.0 Å². The number of sulfonamides is 1.